The van der Waals surface area contributed by atoms with E-state index < -0.39 is 0 Å². The molecule has 1 saturated carbocycles. The molecule has 0 aromatic heterocycles. The lowest BCUT2D eigenvalue weighted by atomic mass is 10.4. The number of amides is 1. The van der Waals surface area contributed by atoms with Crippen molar-refractivity contribution in [2.45, 2.75) is 25.7 Å². The summed E-state index contributed by atoms with van der Waals surface area (Å²) in [5.74, 6) is 0.589. The molecule has 0 radical (unpaired) electrons. The fourth-order valence-electron chi connectivity index (χ4n) is 2.13. The van der Waals surface area contributed by atoms with E-state index in [1.165, 1.54) is 25.9 Å². The van der Waals surface area contributed by atoms with E-state index in [9.17, 15) is 4.79 Å². The van der Waals surface area contributed by atoms with Gasteiger partial charge in [-0.15, -0.1) is 0 Å². The van der Waals surface area contributed by atoms with Crippen LogP contribution in [0, 0.1) is 5.92 Å². The molecule has 0 aromatic carbocycles. The second-order valence-electron chi connectivity index (χ2n) is 4.86. The lowest BCUT2D eigenvalue weighted by Crippen LogP contribution is -2.36. The molecule has 2 N–H and O–H groups in total. The number of likely N-dealkylation sites (tertiary alicyclic amines) is 1. The monoisotopic (exact) mass is 225 g/mol. The molecular weight excluding hydrogens is 202 g/mol. The Morgan fingerprint density at radius 1 is 1.12 bits per heavy atom. The molecule has 2 aliphatic rings. The highest BCUT2D eigenvalue weighted by atomic mass is 16.2. The normalized spacial score (nSPS) is 21.2. The summed E-state index contributed by atoms with van der Waals surface area (Å²) in [6.45, 7) is 6.39. The summed E-state index contributed by atoms with van der Waals surface area (Å²) in [5.41, 5.74) is 0. The van der Waals surface area contributed by atoms with Crippen molar-refractivity contribution in [2.75, 3.05) is 39.3 Å². The van der Waals surface area contributed by atoms with Gasteiger partial charge in [-0.3, -0.25) is 4.79 Å². The molecule has 1 heterocycles. The molecule has 1 aliphatic carbocycles. The lowest BCUT2D eigenvalue weighted by molar-refractivity contribution is -0.122. The van der Waals surface area contributed by atoms with Crippen LogP contribution in [-0.4, -0.2) is 50.1 Å². The largest absolute Gasteiger partial charge is 0.355 e. The highest BCUT2D eigenvalue weighted by molar-refractivity contribution is 5.80. The fraction of sp³-hybridized carbons (Fsp3) is 0.917. The predicted molar refractivity (Wildman–Crippen MR) is 64.3 cm³/mol. The molecule has 2 rings (SSSR count). The van der Waals surface area contributed by atoms with E-state index in [-0.39, 0.29) is 5.91 Å². The molecule has 0 aromatic rings. The first kappa shape index (κ1) is 11.9. The van der Waals surface area contributed by atoms with Crippen LogP contribution in [0.2, 0.25) is 0 Å². The van der Waals surface area contributed by atoms with Crippen LogP contribution in [0.3, 0.4) is 0 Å². The van der Waals surface area contributed by atoms with E-state index in [0.717, 1.165) is 39.0 Å². The molecule has 0 unspecified atom stereocenters. The van der Waals surface area contributed by atoms with Crippen molar-refractivity contribution >= 4 is 5.91 Å². The second-order valence-corrected chi connectivity index (χ2v) is 4.86. The van der Waals surface area contributed by atoms with Crippen molar-refractivity contribution in [3.8, 4) is 0 Å². The molecule has 92 valence electrons. The molecular formula is C12H23N3O. The summed E-state index contributed by atoms with van der Waals surface area (Å²) >= 11 is 0. The molecule has 4 nitrogen and oxygen atoms in total. The van der Waals surface area contributed by atoms with Crippen molar-refractivity contribution < 1.29 is 4.79 Å². The molecule has 4 heteroatoms. The second kappa shape index (κ2) is 6.21. The number of hydrogen-bond donors (Lipinski definition) is 2. The average Bonchev–Trinajstić information content (AvgIpc) is 3.02. The Hall–Kier alpha value is -0.610. The number of nitrogens with one attached hydrogen (secondary N) is 2. The summed E-state index contributed by atoms with van der Waals surface area (Å²) < 4.78 is 0. The third-order valence-corrected chi connectivity index (χ3v) is 3.35. The third kappa shape index (κ3) is 4.10. The van der Waals surface area contributed by atoms with E-state index in [1.54, 1.807) is 0 Å². The number of carbonyl (C=O) groups is 1. The first-order chi connectivity index (χ1) is 7.86. The molecule has 0 bridgehead atoms. The zero-order valence-corrected chi connectivity index (χ0v) is 10.0. The van der Waals surface area contributed by atoms with E-state index in [1.807, 2.05) is 0 Å². The first-order valence-corrected chi connectivity index (χ1v) is 6.57. The van der Waals surface area contributed by atoms with Crippen LogP contribution in [0.5, 0.6) is 0 Å². The maximum Gasteiger partial charge on any atom is 0.223 e. The summed E-state index contributed by atoms with van der Waals surface area (Å²) in [6.07, 6.45) is 4.90. The van der Waals surface area contributed by atoms with Gasteiger partial charge in [0.1, 0.15) is 0 Å². The van der Waals surface area contributed by atoms with Crippen LogP contribution in [-0.2, 0) is 4.79 Å². The molecule has 0 spiro atoms. The third-order valence-electron chi connectivity index (χ3n) is 3.35. The lowest BCUT2D eigenvalue weighted by Gasteiger charge is -2.14. The fourth-order valence-corrected chi connectivity index (χ4v) is 2.13. The van der Waals surface area contributed by atoms with E-state index >= 15 is 0 Å². The quantitative estimate of drug-likeness (QED) is 0.608. The Morgan fingerprint density at radius 2 is 1.88 bits per heavy atom. The van der Waals surface area contributed by atoms with Crippen LogP contribution >= 0.6 is 0 Å². The smallest absolute Gasteiger partial charge is 0.223 e. The van der Waals surface area contributed by atoms with Crippen molar-refractivity contribution in [3.05, 3.63) is 0 Å². The van der Waals surface area contributed by atoms with Gasteiger partial charge < -0.3 is 15.5 Å². The van der Waals surface area contributed by atoms with Crippen molar-refractivity contribution in [2.24, 2.45) is 5.92 Å². The van der Waals surface area contributed by atoms with E-state index in [0.29, 0.717) is 5.92 Å². The minimum atomic E-state index is 0.251. The summed E-state index contributed by atoms with van der Waals surface area (Å²) in [7, 11) is 0. The SMILES string of the molecule is O=C(NCCNCCN1CCCC1)C1CC1. The molecule has 0 atom stereocenters. The zero-order chi connectivity index (χ0) is 11.2. The highest BCUT2D eigenvalue weighted by Crippen LogP contribution is 2.28. The van der Waals surface area contributed by atoms with Crippen LogP contribution in [0.25, 0.3) is 0 Å². The minimum Gasteiger partial charge on any atom is -0.355 e. The Balaban J connectivity index is 1.38. The van der Waals surface area contributed by atoms with E-state index in [2.05, 4.69) is 15.5 Å². The van der Waals surface area contributed by atoms with Crippen LogP contribution < -0.4 is 10.6 Å². The number of nitrogens with zero attached hydrogens (tertiary/aromatic N) is 1. The minimum absolute atomic E-state index is 0.251. The van der Waals surface area contributed by atoms with Gasteiger partial charge >= 0.3 is 0 Å². The average molecular weight is 225 g/mol. The van der Waals surface area contributed by atoms with Crippen LogP contribution in [0.1, 0.15) is 25.7 Å². The summed E-state index contributed by atoms with van der Waals surface area (Å²) in [4.78, 5) is 13.8. The van der Waals surface area contributed by atoms with Gasteiger partial charge in [-0.25, -0.2) is 0 Å². The molecule has 1 aliphatic heterocycles. The maximum absolute atomic E-state index is 11.3. The zero-order valence-electron chi connectivity index (χ0n) is 10.0. The van der Waals surface area contributed by atoms with Gasteiger partial charge in [0.15, 0.2) is 0 Å². The summed E-state index contributed by atoms with van der Waals surface area (Å²) in [6, 6.07) is 0. The van der Waals surface area contributed by atoms with Gasteiger partial charge in [-0.2, -0.15) is 0 Å². The van der Waals surface area contributed by atoms with Gasteiger partial charge in [0.05, 0.1) is 0 Å². The summed E-state index contributed by atoms with van der Waals surface area (Å²) in [5, 5.41) is 6.33. The van der Waals surface area contributed by atoms with Gasteiger partial charge in [0.2, 0.25) is 5.91 Å². The van der Waals surface area contributed by atoms with Crippen molar-refractivity contribution in [1.82, 2.24) is 15.5 Å². The Labute approximate surface area is 97.8 Å². The van der Waals surface area contributed by atoms with E-state index in [4.69, 9.17) is 0 Å². The molecule has 16 heavy (non-hydrogen) atoms. The molecule has 1 saturated heterocycles. The predicted octanol–water partition coefficient (Wildman–Crippen LogP) is 0.198. The Bertz CT molecular complexity index is 222. The highest BCUT2D eigenvalue weighted by Gasteiger charge is 2.28. The van der Waals surface area contributed by atoms with Gasteiger partial charge in [-0.05, 0) is 38.8 Å². The van der Waals surface area contributed by atoms with Gasteiger partial charge in [0, 0.05) is 32.1 Å². The number of carbonyl (C=O) groups excluding carboxylic acids is 1. The molecule has 2 fully saturated rings. The topological polar surface area (TPSA) is 44.4 Å². The number of rotatable bonds is 7. The van der Waals surface area contributed by atoms with Gasteiger partial charge in [-0.1, -0.05) is 0 Å². The first-order valence-electron chi connectivity index (χ1n) is 6.57. The standard InChI is InChI=1S/C12H23N3O/c16-12(11-3-4-11)14-6-5-13-7-10-15-8-1-2-9-15/h11,13H,1-10H2,(H,14,16). The van der Waals surface area contributed by atoms with Crippen molar-refractivity contribution in [1.29, 1.82) is 0 Å². The Kier molecular flexibility index (Phi) is 4.60. The number of hydrogen-bond acceptors (Lipinski definition) is 3. The molecule has 1 amide bonds. The van der Waals surface area contributed by atoms with Crippen LogP contribution in [0.4, 0.5) is 0 Å². The Morgan fingerprint density at radius 3 is 2.56 bits per heavy atom. The van der Waals surface area contributed by atoms with Crippen LogP contribution in [0.15, 0.2) is 0 Å². The maximum atomic E-state index is 11.3. The van der Waals surface area contributed by atoms with Gasteiger partial charge in [0.25, 0.3) is 0 Å². The van der Waals surface area contributed by atoms with Crippen molar-refractivity contribution in [3.63, 3.8) is 0 Å².